The molecule has 11 nitrogen and oxygen atoms in total. The molecule has 5 rings (SSSR count). The smallest absolute Gasteiger partial charge is 0.291 e. The summed E-state index contributed by atoms with van der Waals surface area (Å²) >= 11 is 0. The number of carbonyl (C=O) groups excluding carboxylic acids is 3. The molecule has 2 aliphatic rings. The zero-order chi connectivity index (χ0) is 31.4. The lowest BCUT2D eigenvalue weighted by Gasteiger charge is -2.38. The number of piperidine rings is 1. The highest BCUT2D eigenvalue weighted by Crippen LogP contribution is 2.30. The average molecular weight is 605 g/mol. The van der Waals surface area contributed by atoms with Crippen LogP contribution < -0.4 is 14.8 Å². The lowest BCUT2D eigenvalue weighted by Crippen LogP contribution is -2.58. The molecule has 0 unspecified atom stereocenters. The lowest BCUT2D eigenvalue weighted by atomic mass is 10.0. The van der Waals surface area contributed by atoms with Gasteiger partial charge >= 0.3 is 0 Å². The number of nitrogens with one attached hydrogen (secondary N) is 1. The van der Waals surface area contributed by atoms with Gasteiger partial charge in [-0.05, 0) is 63.9 Å². The van der Waals surface area contributed by atoms with Crippen molar-refractivity contribution in [1.82, 2.24) is 20.1 Å². The Morgan fingerprint density at radius 1 is 1.14 bits per heavy atom. The maximum absolute atomic E-state index is 13.7. The van der Waals surface area contributed by atoms with E-state index in [1.165, 1.54) is 4.90 Å². The Hall–Kier alpha value is -4.38. The number of hydrogen-bond donors (Lipinski definition) is 1. The monoisotopic (exact) mass is 604 g/mol. The third-order valence-electron chi connectivity index (χ3n) is 7.62. The number of carbonyl (C=O) groups is 3. The van der Waals surface area contributed by atoms with E-state index in [0.29, 0.717) is 60.3 Å². The van der Waals surface area contributed by atoms with Crippen molar-refractivity contribution in [2.45, 2.75) is 72.3 Å². The summed E-state index contributed by atoms with van der Waals surface area (Å²) in [6.07, 6.45) is 0.603. The van der Waals surface area contributed by atoms with Crippen LogP contribution in [0.15, 0.2) is 46.9 Å². The molecule has 0 aliphatic carbocycles. The second-order valence-electron chi connectivity index (χ2n) is 11.4. The first-order valence-electron chi connectivity index (χ1n) is 15.2. The molecule has 2 atom stereocenters. The normalized spacial score (nSPS) is 19.3. The van der Waals surface area contributed by atoms with Crippen molar-refractivity contribution >= 4 is 17.7 Å². The van der Waals surface area contributed by atoms with E-state index in [0.717, 1.165) is 5.56 Å². The van der Waals surface area contributed by atoms with Crippen molar-refractivity contribution in [3.05, 3.63) is 70.9 Å². The van der Waals surface area contributed by atoms with Crippen LogP contribution in [0, 0.1) is 6.92 Å². The van der Waals surface area contributed by atoms with Gasteiger partial charge in [-0.3, -0.25) is 14.4 Å². The Kier molecular flexibility index (Phi) is 9.53. The summed E-state index contributed by atoms with van der Waals surface area (Å²) < 4.78 is 24.2. The van der Waals surface area contributed by atoms with Crippen molar-refractivity contribution in [3.8, 4) is 17.2 Å². The number of amides is 3. The summed E-state index contributed by atoms with van der Waals surface area (Å²) in [7, 11) is 0. The minimum atomic E-state index is -0.510. The summed E-state index contributed by atoms with van der Waals surface area (Å²) in [6.45, 7) is 10.4. The molecule has 0 spiro atoms. The molecule has 3 heterocycles. The van der Waals surface area contributed by atoms with Crippen LogP contribution in [0.25, 0.3) is 0 Å². The first-order chi connectivity index (χ1) is 21.1. The van der Waals surface area contributed by atoms with Gasteiger partial charge < -0.3 is 33.7 Å². The van der Waals surface area contributed by atoms with Gasteiger partial charge in [0.1, 0.15) is 17.2 Å². The number of hydrogen-bond acceptors (Lipinski definition) is 8. The first kappa shape index (κ1) is 31.1. The molecule has 1 saturated heterocycles. The van der Waals surface area contributed by atoms with Crippen LogP contribution in [0.5, 0.6) is 17.2 Å². The zero-order valence-corrected chi connectivity index (χ0v) is 25.9. The number of fused-ring (bicyclic) bond motifs is 5. The minimum Gasteiger partial charge on any atom is -0.491 e. The molecular weight excluding hydrogens is 564 g/mol. The van der Waals surface area contributed by atoms with E-state index in [-0.39, 0.29) is 55.4 Å². The molecule has 3 aromatic rings. The number of oxazole rings is 1. The number of benzene rings is 2. The predicted molar refractivity (Wildman–Crippen MR) is 162 cm³/mol. The number of rotatable bonds is 5. The fourth-order valence-corrected chi connectivity index (χ4v) is 5.47. The van der Waals surface area contributed by atoms with Crippen LogP contribution >= 0.6 is 0 Å². The third-order valence-corrected chi connectivity index (χ3v) is 7.62. The van der Waals surface area contributed by atoms with Crippen LogP contribution in [0.1, 0.15) is 72.2 Å². The van der Waals surface area contributed by atoms with Gasteiger partial charge in [0.2, 0.25) is 11.7 Å². The molecular formula is C33H40N4O7. The van der Waals surface area contributed by atoms with E-state index >= 15 is 0 Å². The van der Waals surface area contributed by atoms with Gasteiger partial charge in [-0.1, -0.05) is 19.1 Å². The van der Waals surface area contributed by atoms with Crippen LogP contribution in [0.2, 0.25) is 0 Å². The van der Waals surface area contributed by atoms with Gasteiger partial charge in [0.05, 0.1) is 37.1 Å². The number of likely N-dealkylation sites (N-methyl/N-ethyl adjacent to an activating group) is 1. The Morgan fingerprint density at radius 3 is 2.68 bits per heavy atom. The summed E-state index contributed by atoms with van der Waals surface area (Å²) in [4.78, 5) is 48.0. The molecule has 1 fully saturated rings. The van der Waals surface area contributed by atoms with Crippen LogP contribution in [-0.2, 0) is 22.6 Å². The van der Waals surface area contributed by atoms with Crippen molar-refractivity contribution in [2.75, 3.05) is 26.2 Å². The molecule has 3 amide bonds. The predicted octanol–water partition coefficient (Wildman–Crippen LogP) is 4.52. The Bertz CT molecular complexity index is 1520. The topological polar surface area (TPSA) is 123 Å². The van der Waals surface area contributed by atoms with E-state index in [1.807, 2.05) is 52.0 Å². The molecule has 1 N–H and O–H groups in total. The molecule has 44 heavy (non-hydrogen) atoms. The van der Waals surface area contributed by atoms with E-state index in [2.05, 4.69) is 10.3 Å². The molecule has 0 radical (unpaired) electrons. The molecule has 1 aromatic heterocycles. The van der Waals surface area contributed by atoms with Gasteiger partial charge in [-0.25, -0.2) is 4.98 Å². The van der Waals surface area contributed by atoms with Crippen LogP contribution in [-0.4, -0.2) is 76.9 Å². The van der Waals surface area contributed by atoms with Crippen molar-refractivity contribution in [1.29, 1.82) is 0 Å². The second-order valence-corrected chi connectivity index (χ2v) is 11.4. The number of aromatic nitrogens is 1. The summed E-state index contributed by atoms with van der Waals surface area (Å²) in [5.41, 5.74) is 1.77. The van der Waals surface area contributed by atoms with Gasteiger partial charge in [-0.15, -0.1) is 0 Å². The van der Waals surface area contributed by atoms with Crippen molar-refractivity contribution in [2.24, 2.45) is 0 Å². The van der Waals surface area contributed by atoms with Crippen molar-refractivity contribution in [3.63, 3.8) is 0 Å². The summed E-state index contributed by atoms with van der Waals surface area (Å²) in [6, 6.07) is 12.1. The zero-order valence-electron chi connectivity index (χ0n) is 25.9. The lowest BCUT2D eigenvalue weighted by molar-refractivity contribution is -0.124. The molecule has 2 aliphatic heterocycles. The van der Waals surface area contributed by atoms with E-state index in [4.69, 9.17) is 18.6 Å². The largest absolute Gasteiger partial charge is 0.491 e. The number of likely N-dealkylation sites (tertiary alicyclic amines) is 1. The quantitative estimate of drug-likeness (QED) is 0.451. The maximum Gasteiger partial charge on any atom is 0.291 e. The Morgan fingerprint density at radius 2 is 1.95 bits per heavy atom. The highest BCUT2D eigenvalue weighted by molar-refractivity contribution is 5.97. The van der Waals surface area contributed by atoms with E-state index in [1.54, 1.807) is 30.0 Å². The highest BCUT2D eigenvalue weighted by Gasteiger charge is 2.36. The number of nitrogens with zero attached hydrogens (tertiary/aromatic N) is 3. The minimum absolute atomic E-state index is 0.115. The average Bonchev–Trinajstić information content (AvgIpc) is 3.38. The van der Waals surface area contributed by atoms with Crippen molar-refractivity contribution < 1.29 is 33.0 Å². The summed E-state index contributed by atoms with van der Waals surface area (Å²) in [5.74, 6) is 1.29. The Balaban J connectivity index is 1.44. The number of aryl methyl sites for hydroxylation is 2. The van der Waals surface area contributed by atoms with Crippen LogP contribution in [0.4, 0.5) is 0 Å². The van der Waals surface area contributed by atoms with E-state index in [9.17, 15) is 14.4 Å². The molecule has 11 heteroatoms. The molecule has 4 bridgehead atoms. The molecule has 234 valence electrons. The highest BCUT2D eigenvalue weighted by atomic mass is 16.5. The first-order valence-corrected chi connectivity index (χ1v) is 15.2. The summed E-state index contributed by atoms with van der Waals surface area (Å²) in [5, 5.41) is 3.06. The Labute approximate surface area is 257 Å². The van der Waals surface area contributed by atoms with Gasteiger partial charge in [0.25, 0.3) is 11.8 Å². The SMILES string of the molecule is CCc1nc(C)c(C(=O)N2CC[C@@H]3OCc4cccc(c4)Oc4cc(OC(C)C)cc(c4)C(=O)N(CC)CC(=O)N[C@H]3C2)o1. The number of ether oxygens (including phenoxy) is 3. The fraction of sp³-hybridized carbons (Fsp3) is 0.455. The second kappa shape index (κ2) is 13.5. The van der Waals surface area contributed by atoms with Crippen LogP contribution in [0.3, 0.4) is 0 Å². The molecule has 2 aromatic carbocycles. The van der Waals surface area contributed by atoms with Gasteiger partial charge in [0.15, 0.2) is 5.89 Å². The third kappa shape index (κ3) is 7.21. The standard InChI is InChI=1S/C33H40N4O7/c1-6-30-34-21(5)31(44-30)33(40)37-12-11-28-27(17-37)35-29(38)18-36(7-2)32(39)23-14-25(42-20(3)4)16-26(15-23)43-24-10-8-9-22(13-24)19-41-28/h8-10,13-16,20,27-28H,6-7,11-12,17-19H2,1-5H3,(H,35,38)/t27-,28-/m0/s1. The van der Waals surface area contributed by atoms with Gasteiger partial charge in [-0.2, -0.15) is 0 Å². The van der Waals surface area contributed by atoms with Gasteiger partial charge in [0, 0.05) is 37.7 Å². The maximum atomic E-state index is 13.7. The molecule has 0 saturated carbocycles. The van der Waals surface area contributed by atoms with E-state index < -0.39 is 6.04 Å². The fourth-order valence-electron chi connectivity index (χ4n) is 5.47.